The molecule has 0 heterocycles. The molecule has 0 aromatic heterocycles. The van der Waals surface area contributed by atoms with Crippen LogP contribution in [0.5, 0.6) is 0 Å². The van der Waals surface area contributed by atoms with Gasteiger partial charge in [-0.3, -0.25) is 0 Å². The van der Waals surface area contributed by atoms with Crippen molar-refractivity contribution in [3.05, 3.63) is 83.9 Å². The summed E-state index contributed by atoms with van der Waals surface area (Å²) < 4.78 is 11.9. The molecule has 3 rings (SSSR count). The minimum atomic E-state index is -0.241. The summed E-state index contributed by atoms with van der Waals surface area (Å²) in [6.45, 7) is 9.42. The van der Waals surface area contributed by atoms with Gasteiger partial charge in [0.2, 0.25) is 0 Å². The molecule has 0 amide bonds. The molecule has 0 aliphatic rings. The fourth-order valence-corrected chi connectivity index (χ4v) is 5.18. The maximum absolute atomic E-state index is 13.0. The van der Waals surface area contributed by atoms with Gasteiger partial charge in [-0.15, -0.1) is 0 Å². The molecule has 0 saturated heterocycles. The van der Waals surface area contributed by atoms with E-state index in [4.69, 9.17) is 9.47 Å². The van der Waals surface area contributed by atoms with Crippen LogP contribution in [0.15, 0.2) is 72.8 Å². The van der Waals surface area contributed by atoms with Gasteiger partial charge in [-0.2, -0.15) is 0 Å². The lowest BCUT2D eigenvalue weighted by atomic mass is 9.96. The van der Waals surface area contributed by atoms with E-state index in [-0.39, 0.29) is 18.2 Å². The summed E-state index contributed by atoms with van der Waals surface area (Å²) in [5.74, 6) is -0.241. The number of carbonyl (C=O) groups excluding carboxylic acids is 1. The van der Waals surface area contributed by atoms with Crippen LogP contribution in [0.2, 0.25) is 0 Å². The van der Waals surface area contributed by atoms with Crippen LogP contribution in [-0.4, -0.2) is 18.7 Å². The molecule has 0 spiro atoms. The largest absolute Gasteiger partial charge is 0.459 e. The van der Waals surface area contributed by atoms with E-state index in [1.165, 1.54) is 56.1 Å². The molecule has 0 N–H and O–H groups in total. The number of hydrogen-bond donors (Lipinski definition) is 0. The molecule has 3 aromatic carbocycles. The minimum Gasteiger partial charge on any atom is -0.459 e. The van der Waals surface area contributed by atoms with Gasteiger partial charge in [0.25, 0.3) is 0 Å². The SMILES string of the molecule is CCCCCCCCCCOC(C)c1ccc(-c2ccc(-c3ccccc3C(=O)OC(CC)CCC)cc2)cc1. The lowest BCUT2D eigenvalue weighted by Crippen LogP contribution is -2.17. The Labute approximate surface area is 243 Å². The van der Waals surface area contributed by atoms with E-state index in [0.29, 0.717) is 5.56 Å². The molecule has 3 heteroatoms. The highest BCUT2D eigenvalue weighted by atomic mass is 16.5. The summed E-state index contributed by atoms with van der Waals surface area (Å²) in [5, 5.41) is 0. The molecule has 3 nitrogen and oxygen atoms in total. The smallest absolute Gasteiger partial charge is 0.339 e. The molecule has 40 heavy (non-hydrogen) atoms. The van der Waals surface area contributed by atoms with E-state index in [1.54, 1.807) is 0 Å². The second-order valence-electron chi connectivity index (χ2n) is 11.0. The summed E-state index contributed by atoms with van der Waals surface area (Å²) in [6.07, 6.45) is 13.3. The first kappa shape index (κ1) is 31.6. The second-order valence-corrected chi connectivity index (χ2v) is 11.0. The van der Waals surface area contributed by atoms with Crippen LogP contribution in [0.1, 0.15) is 120 Å². The Bertz CT molecular complexity index is 1120. The Morgan fingerprint density at radius 1 is 0.675 bits per heavy atom. The lowest BCUT2D eigenvalue weighted by molar-refractivity contribution is 0.0272. The third kappa shape index (κ3) is 9.93. The first-order valence-electron chi connectivity index (χ1n) is 15.7. The number of ether oxygens (including phenoxy) is 2. The standard InChI is InChI=1S/C37H50O3/c1-5-8-9-10-11-12-13-16-28-39-29(4)30-20-22-31(23-21-30)32-24-26-33(27-25-32)35-18-14-15-19-36(35)37(38)40-34(7-3)17-6-2/h14-15,18-27,29,34H,5-13,16-17,28H2,1-4H3. The zero-order valence-electron chi connectivity index (χ0n) is 25.3. The monoisotopic (exact) mass is 542 g/mol. The summed E-state index contributed by atoms with van der Waals surface area (Å²) in [4.78, 5) is 13.0. The predicted octanol–water partition coefficient (Wildman–Crippen LogP) is 11.0. The van der Waals surface area contributed by atoms with Crippen molar-refractivity contribution in [3.63, 3.8) is 0 Å². The fraction of sp³-hybridized carbons (Fsp3) is 0.486. The molecule has 0 fully saturated rings. The topological polar surface area (TPSA) is 35.5 Å². The number of rotatable bonds is 18. The zero-order valence-corrected chi connectivity index (χ0v) is 25.3. The molecule has 2 unspecified atom stereocenters. The van der Waals surface area contributed by atoms with Crippen LogP contribution < -0.4 is 0 Å². The Morgan fingerprint density at radius 2 is 1.25 bits per heavy atom. The molecule has 0 saturated carbocycles. The highest BCUT2D eigenvalue weighted by Crippen LogP contribution is 2.29. The average Bonchev–Trinajstić information content (AvgIpc) is 3.00. The van der Waals surface area contributed by atoms with E-state index in [2.05, 4.69) is 76.2 Å². The summed E-state index contributed by atoms with van der Waals surface area (Å²) in [7, 11) is 0. The third-order valence-corrected chi connectivity index (χ3v) is 7.76. The Hall–Kier alpha value is -2.91. The first-order valence-corrected chi connectivity index (χ1v) is 15.7. The number of benzene rings is 3. The van der Waals surface area contributed by atoms with Crippen LogP contribution >= 0.6 is 0 Å². The van der Waals surface area contributed by atoms with Gasteiger partial charge >= 0.3 is 5.97 Å². The third-order valence-electron chi connectivity index (χ3n) is 7.76. The van der Waals surface area contributed by atoms with Crippen molar-refractivity contribution < 1.29 is 14.3 Å². The summed E-state index contributed by atoms with van der Waals surface area (Å²) >= 11 is 0. The molecular formula is C37H50O3. The summed E-state index contributed by atoms with van der Waals surface area (Å²) in [5.41, 5.74) is 6.07. The van der Waals surface area contributed by atoms with E-state index in [0.717, 1.165) is 49.0 Å². The second kappa shape index (κ2) is 17.7. The van der Waals surface area contributed by atoms with Gasteiger partial charge in [0.15, 0.2) is 0 Å². The van der Waals surface area contributed by atoms with Crippen LogP contribution in [-0.2, 0) is 9.47 Å². The van der Waals surface area contributed by atoms with Gasteiger partial charge in [-0.25, -0.2) is 4.79 Å². The van der Waals surface area contributed by atoms with E-state index in [9.17, 15) is 4.79 Å². The van der Waals surface area contributed by atoms with Gasteiger partial charge in [0.05, 0.1) is 11.7 Å². The van der Waals surface area contributed by atoms with Crippen LogP contribution in [0, 0.1) is 0 Å². The normalized spacial score (nSPS) is 12.7. The molecule has 0 bridgehead atoms. The van der Waals surface area contributed by atoms with Crippen LogP contribution in [0.25, 0.3) is 22.3 Å². The molecule has 0 aliphatic heterocycles. The van der Waals surface area contributed by atoms with Crippen molar-refractivity contribution in [3.8, 4) is 22.3 Å². The van der Waals surface area contributed by atoms with E-state index < -0.39 is 0 Å². The van der Waals surface area contributed by atoms with Crippen molar-refractivity contribution >= 4 is 5.97 Å². The highest BCUT2D eigenvalue weighted by Gasteiger charge is 2.18. The van der Waals surface area contributed by atoms with Gasteiger partial charge < -0.3 is 9.47 Å². The molecule has 0 radical (unpaired) electrons. The number of hydrogen-bond acceptors (Lipinski definition) is 3. The van der Waals surface area contributed by atoms with Crippen LogP contribution in [0.4, 0.5) is 0 Å². The van der Waals surface area contributed by atoms with Crippen molar-refractivity contribution in [2.24, 2.45) is 0 Å². The van der Waals surface area contributed by atoms with E-state index in [1.807, 2.05) is 24.3 Å². The van der Waals surface area contributed by atoms with Crippen molar-refractivity contribution in [2.75, 3.05) is 6.61 Å². The maximum atomic E-state index is 13.0. The molecule has 3 aromatic rings. The van der Waals surface area contributed by atoms with Gasteiger partial charge in [0, 0.05) is 6.61 Å². The van der Waals surface area contributed by atoms with Gasteiger partial charge in [0.1, 0.15) is 6.10 Å². The summed E-state index contributed by atoms with van der Waals surface area (Å²) in [6, 6.07) is 24.9. The quantitative estimate of drug-likeness (QED) is 0.118. The van der Waals surface area contributed by atoms with E-state index >= 15 is 0 Å². The van der Waals surface area contributed by atoms with Crippen LogP contribution in [0.3, 0.4) is 0 Å². The van der Waals surface area contributed by atoms with Crippen molar-refractivity contribution in [2.45, 2.75) is 111 Å². The minimum absolute atomic E-state index is 0.0332. The number of esters is 1. The average molecular weight is 543 g/mol. The Morgan fingerprint density at radius 3 is 1.88 bits per heavy atom. The van der Waals surface area contributed by atoms with Gasteiger partial charge in [-0.1, -0.05) is 139 Å². The lowest BCUT2D eigenvalue weighted by Gasteiger charge is -2.17. The van der Waals surface area contributed by atoms with Gasteiger partial charge in [-0.05, 0) is 60.1 Å². The predicted molar refractivity (Wildman–Crippen MR) is 169 cm³/mol. The Balaban J connectivity index is 1.54. The van der Waals surface area contributed by atoms with Crippen molar-refractivity contribution in [1.29, 1.82) is 0 Å². The molecular weight excluding hydrogens is 492 g/mol. The van der Waals surface area contributed by atoms with Crippen molar-refractivity contribution in [1.82, 2.24) is 0 Å². The number of carbonyl (C=O) groups is 1. The Kier molecular flexibility index (Phi) is 14.0. The fourth-order valence-electron chi connectivity index (χ4n) is 5.18. The zero-order chi connectivity index (χ0) is 28.6. The molecule has 216 valence electrons. The first-order chi connectivity index (χ1) is 19.6. The molecule has 2 atom stereocenters. The highest BCUT2D eigenvalue weighted by molar-refractivity contribution is 5.97. The number of unbranched alkanes of at least 4 members (excludes halogenated alkanes) is 7. The molecule has 0 aliphatic carbocycles. The maximum Gasteiger partial charge on any atom is 0.339 e.